The van der Waals surface area contributed by atoms with Crippen LogP contribution in [0.25, 0.3) is 0 Å². The SMILES string of the molecule is OB(O)c1cccc2c1COCC2. The molecular formula is C9H11BO3. The third kappa shape index (κ3) is 1.61. The molecule has 0 radical (unpaired) electrons. The van der Waals surface area contributed by atoms with E-state index in [1.165, 1.54) is 0 Å². The van der Waals surface area contributed by atoms with Gasteiger partial charge in [-0.25, -0.2) is 0 Å². The molecule has 0 bridgehead atoms. The zero-order valence-corrected chi connectivity index (χ0v) is 7.23. The summed E-state index contributed by atoms with van der Waals surface area (Å²) in [4.78, 5) is 0. The lowest BCUT2D eigenvalue weighted by molar-refractivity contribution is 0.111. The summed E-state index contributed by atoms with van der Waals surface area (Å²) in [5.74, 6) is 0. The first kappa shape index (κ1) is 8.75. The Hall–Kier alpha value is -0.835. The van der Waals surface area contributed by atoms with Gasteiger partial charge in [0.2, 0.25) is 0 Å². The van der Waals surface area contributed by atoms with Gasteiger partial charge in [-0.2, -0.15) is 0 Å². The number of benzene rings is 1. The fourth-order valence-electron chi connectivity index (χ4n) is 1.66. The molecular weight excluding hydrogens is 167 g/mol. The Balaban J connectivity index is 2.46. The van der Waals surface area contributed by atoms with Crippen molar-refractivity contribution in [2.45, 2.75) is 13.0 Å². The second-order valence-corrected chi connectivity index (χ2v) is 3.16. The minimum Gasteiger partial charge on any atom is -0.423 e. The highest BCUT2D eigenvalue weighted by molar-refractivity contribution is 6.59. The first-order valence-electron chi connectivity index (χ1n) is 4.33. The molecule has 0 atom stereocenters. The molecule has 68 valence electrons. The summed E-state index contributed by atoms with van der Waals surface area (Å²) in [7, 11) is -1.39. The Labute approximate surface area is 77.1 Å². The normalized spacial score (nSPS) is 15.2. The fourth-order valence-corrected chi connectivity index (χ4v) is 1.66. The van der Waals surface area contributed by atoms with E-state index in [0.717, 1.165) is 24.2 Å². The van der Waals surface area contributed by atoms with Crippen molar-refractivity contribution in [2.24, 2.45) is 0 Å². The van der Waals surface area contributed by atoms with Gasteiger partial charge in [-0.15, -0.1) is 0 Å². The van der Waals surface area contributed by atoms with E-state index in [0.29, 0.717) is 12.1 Å². The maximum absolute atomic E-state index is 9.08. The van der Waals surface area contributed by atoms with Gasteiger partial charge in [-0.05, 0) is 23.0 Å². The lowest BCUT2D eigenvalue weighted by Crippen LogP contribution is -2.35. The molecule has 0 aliphatic carbocycles. The molecule has 2 rings (SSSR count). The van der Waals surface area contributed by atoms with Crippen molar-refractivity contribution < 1.29 is 14.8 Å². The van der Waals surface area contributed by atoms with Crippen molar-refractivity contribution in [2.75, 3.05) is 6.61 Å². The highest BCUT2D eigenvalue weighted by Crippen LogP contribution is 2.14. The fraction of sp³-hybridized carbons (Fsp3) is 0.333. The number of hydrogen-bond donors (Lipinski definition) is 2. The van der Waals surface area contributed by atoms with Crippen molar-refractivity contribution in [3.8, 4) is 0 Å². The highest BCUT2D eigenvalue weighted by Gasteiger charge is 2.20. The topological polar surface area (TPSA) is 49.7 Å². The zero-order chi connectivity index (χ0) is 9.26. The summed E-state index contributed by atoms with van der Waals surface area (Å²) >= 11 is 0. The quantitative estimate of drug-likeness (QED) is 0.566. The van der Waals surface area contributed by atoms with Crippen LogP contribution in [0.15, 0.2) is 18.2 Å². The van der Waals surface area contributed by atoms with E-state index in [9.17, 15) is 0 Å². The van der Waals surface area contributed by atoms with Crippen molar-refractivity contribution in [3.63, 3.8) is 0 Å². The zero-order valence-electron chi connectivity index (χ0n) is 7.23. The molecule has 0 amide bonds. The van der Waals surface area contributed by atoms with Crippen LogP contribution >= 0.6 is 0 Å². The molecule has 0 fully saturated rings. The standard InChI is InChI=1S/C9H11BO3/c11-10(12)9-3-1-2-7-4-5-13-6-8(7)9/h1-3,11-12H,4-6H2. The van der Waals surface area contributed by atoms with E-state index in [-0.39, 0.29) is 0 Å². The maximum Gasteiger partial charge on any atom is 0.488 e. The lowest BCUT2D eigenvalue weighted by Gasteiger charge is -2.19. The average molecular weight is 178 g/mol. The molecule has 3 nitrogen and oxygen atoms in total. The second kappa shape index (κ2) is 3.50. The van der Waals surface area contributed by atoms with Gasteiger partial charge in [0, 0.05) is 0 Å². The van der Waals surface area contributed by atoms with Crippen LogP contribution in [0.3, 0.4) is 0 Å². The van der Waals surface area contributed by atoms with Crippen molar-refractivity contribution in [1.82, 2.24) is 0 Å². The van der Waals surface area contributed by atoms with Crippen LogP contribution < -0.4 is 5.46 Å². The lowest BCUT2D eigenvalue weighted by atomic mass is 9.75. The summed E-state index contributed by atoms with van der Waals surface area (Å²) in [5, 5.41) is 18.2. The van der Waals surface area contributed by atoms with Crippen LogP contribution in [0.1, 0.15) is 11.1 Å². The van der Waals surface area contributed by atoms with Crippen molar-refractivity contribution in [3.05, 3.63) is 29.3 Å². The van der Waals surface area contributed by atoms with Crippen LogP contribution in [-0.4, -0.2) is 23.8 Å². The van der Waals surface area contributed by atoms with Gasteiger partial charge in [-0.3, -0.25) is 0 Å². The minimum absolute atomic E-state index is 0.489. The molecule has 1 aromatic rings. The molecule has 1 aliphatic rings. The summed E-state index contributed by atoms with van der Waals surface area (Å²) < 4.78 is 5.26. The Morgan fingerprint density at radius 3 is 2.92 bits per heavy atom. The average Bonchev–Trinajstić information content (AvgIpc) is 2.17. The van der Waals surface area contributed by atoms with Gasteiger partial charge < -0.3 is 14.8 Å². The molecule has 0 saturated heterocycles. The van der Waals surface area contributed by atoms with Gasteiger partial charge in [0.25, 0.3) is 0 Å². The van der Waals surface area contributed by atoms with Gasteiger partial charge in [0.05, 0.1) is 13.2 Å². The number of hydrogen-bond acceptors (Lipinski definition) is 3. The molecule has 0 spiro atoms. The molecule has 1 heterocycles. The van der Waals surface area contributed by atoms with Crippen LogP contribution in [0.5, 0.6) is 0 Å². The Morgan fingerprint density at radius 2 is 2.15 bits per heavy atom. The maximum atomic E-state index is 9.08. The smallest absolute Gasteiger partial charge is 0.423 e. The van der Waals surface area contributed by atoms with Crippen LogP contribution in [0.4, 0.5) is 0 Å². The van der Waals surface area contributed by atoms with Crippen molar-refractivity contribution in [1.29, 1.82) is 0 Å². The van der Waals surface area contributed by atoms with Crippen LogP contribution in [-0.2, 0) is 17.8 Å². The monoisotopic (exact) mass is 178 g/mol. The Bertz CT molecular complexity index is 312. The summed E-state index contributed by atoms with van der Waals surface area (Å²) in [6, 6.07) is 5.57. The third-order valence-corrected chi connectivity index (χ3v) is 2.35. The summed E-state index contributed by atoms with van der Waals surface area (Å²) in [6.07, 6.45) is 0.857. The largest absolute Gasteiger partial charge is 0.488 e. The van der Waals surface area contributed by atoms with Gasteiger partial charge in [0.15, 0.2) is 0 Å². The van der Waals surface area contributed by atoms with E-state index in [2.05, 4.69) is 0 Å². The predicted molar refractivity (Wildman–Crippen MR) is 49.6 cm³/mol. The van der Waals surface area contributed by atoms with Gasteiger partial charge in [-0.1, -0.05) is 18.2 Å². The molecule has 0 unspecified atom stereocenters. The van der Waals surface area contributed by atoms with Crippen LogP contribution in [0.2, 0.25) is 0 Å². The van der Waals surface area contributed by atoms with E-state index in [1.54, 1.807) is 6.07 Å². The Kier molecular flexibility index (Phi) is 2.35. The molecule has 1 aromatic carbocycles. The molecule has 4 heteroatoms. The highest BCUT2D eigenvalue weighted by atomic mass is 16.5. The molecule has 0 aromatic heterocycles. The van der Waals surface area contributed by atoms with Crippen molar-refractivity contribution >= 4 is 12.6 Å². The van der Waals surface area contributed by atoms with E-state index >= 15 is 0 Å². The predicted octanol–water partition coefficient (Wildman–Crippen LogP) is -0.561. The molecule has 0 saturated carbocycles. The molecule has 1 aliphatic heterocycles. The summed E-state index contributed by atoms with van der Waals surface area (Å²) in [6.45, 7) is 1.21. The first-order valence-corrected chi connectivity index (χ1v) is 4.33. The number of rotatable bonds is 1. The third-order valence-electron chi connectivity index (χ3n) is 2.35. The minimum atomic E-state index is -1.39. The van der Waals surface area contributed by atoms with E-state index < -0.39 is 7.12 Å². The number of fused-ring (bicyclic) bond motifs is 1. The first-order chi connectivity index (χ1) is 6.29. The number of ether oxygens (including phenoxy) is 1. The van der Waals surface area contributed by atoms with Gasteiger partial charge in [0.1, 0.15) is 0 Å². The molecule has 2 N–H and O–H groups in total. The van der Waals surface area contributed by atoms with Crippen LogP contribution in [0, 0.1) is 0 Å². The molecule has 13 heavy (non-hydrogen) atoms. The van der Waals surface area contributed by atoms with Gasteiger partial charge >= 0.3 is 7.12 Å². The van der Waals surface area contributed by atoms with E-state index in [1.807, 2.05) is 12.1 Å². The Morgan fingerprint density at radius 1 is 1.31 bits per heavy atom. The second-order valence-electron chi connectivity index (χ2n) is 3.16. The summed E-state index contributed by atoms with van der Waals surface area (Å²) in [5.41, 5.74) is 2.66. The van der Waals surface area contributed by atoms with E-state index in [4.69, 9.17) is 14.8 Å².